The van der Waals surface area contributed by atoms with E-state index in [4.69, 9.17) is 23.8 Å². The van der Waals surface area contributed by atoms with Crippen molar-refractivity contribution in [1.29, 1.82) is 0 Å². The molecular weight excluding hydrogens is 400 g/mol. The van der Waals surface area contributed by atoms with Crippen LogP contribution in [0.4, 0.5) is 5.69 Å². The minimum absolute atomic E-state index is 0.159. The van der Waals surface area contributed by atoms with Gasteiger partial charge >= 0.3 is 0 Å². The fourth-order valence-electron chi connectivity index (χ4n) is 2.57. The number of nitrogens with zero attached hydrogens (tertiary/aromatic N) is 1. The van der Waals surface area contributed by atoms with Crippen LogP contribution in [0.2, 0.25) is 5.02 Å². The van der Waals surface area contributed by atoms with Crippen LogP contribution in [0.3, 0.4) is 0 Å². The van der Waals surface area contributed by atoms with Crippen LogP contribution >= 0.6 is 35.6 Å². The average Bonchev–Trinajstić information content (AvgIpc) is 2.90. The molecular formula is C20H17ClN2O2S2. The van der Waals surface area contributed by atoms with Crippen molar-refractivity contribution in [3.05, 3.63) is 69.6 Å². The van der Waals surface area contributed by atoms with Gasteiger partial charge in [-0.1, -0.05) is 72.0 Å². The van der Waals surface area contributed by atoms with Crippen molar-refractivity contribution in [2.45, 2.75) is 13.3 Å². The molecule has 1 aliphatic heterocycles. The van der Waals surface area contributed by atoms with Crippen molar-refractivity contribution >= 4 is 63.5 Å². The molecule has 2 amide bonds. The lowest BCUT2D eigenvalue weighted by atomic mass is 10.2. The van der Waals surface area contributed by atoms with E-state index in [2.05, 4.69) is 5.32 Å². The highest BCUT2D eigenvalue weighted by molar-refractivity contribution is 8.26. The quantitative estimate of drug-likeness (QED) is 0.557. The number of thiocarbonyl (C=S) groups is 1. The fourth-order valence-corrected chi connectivity index (χ4v) is 4.06. The molecule has 0 unspecified atom stereocenters. The van der Waals surface area contributed by atoms with Gasteiger partial charge in [-0.15, -0.1) is 0 Å². The third-order valence-corrected chi connectivity index (χ3v) is 5.77. The van der Waals surface area contributed by atoms with Crippen LogP contribution < -0.4 is 5.32 Å². The molecule has 0 radical (unpaired) electrons. The first-order valence-corrected chi connectivity index (χ1v) is 9.91. The molecule has 1 saturated heterocycles. The molecule has 0 saturated carbocycles. The summed E-state index contributed by atoms with van der Waals surface area (Å²) in [7, 11) is 0. The summed E-state index contributed by atoms with van der Waals surface area (Å²) in [6, 6.07) is 14.8. The maximum atomic E-state index is 12.6. The van der Waals surface area contributed by atoms with Gasteiger partial charge in [0.2, 0.25) is 5.91 Å². The standard InChI is InChI=1S/C20H17ClN2O2S2/c1-13-6-2-5-9-16(13)22-18(24)10-11-23-19(25)17(27-20(23)26)12-14-7-3-4-8-15(14)21/h2-9,12H,10-11H2,1H3,(H,22,24)/b17-12-. The number of benzene rings is 2. The van der Waals surface area contributed by atoms with E-state index in [0.717, 1.165) is 16.8 Å². The molecule has 3 rings (SSSR count). The molecule has 0 aliphatic carbocycles. The van der Waals surface area contributed by atoms with Crippen LogP contribution in [0.15, 0.2) is 53.4 Å². The number of carbonyl (C=O) groups excluding carboxylic acids is 2. The number of aryl methyl sites for hydroxylation is 1. The minimum Gasteiger partial charge on any atom is -0.326 e. The number of para-hydroxylation sites is 1. The van der Waals surface area contributed by atoms with E-state index >= 15 is 0 Å². The topological polar surface area (TPSA) is 49.4 Å². The number of thioether (sulfide) groups is 1. The molecule has 27 heavy (non-hydrogen) atoms. The number of anilines is 1. The van der Waals surface area contributed by atoms with Crippen LogP contribution in [0.1, 0.15) is 17.5 Å². The summed E-state index contributed by atoms with van der Waals surface area (Å²) in [5.41, 5.74) is 2.52. The Bertz CT molecular complexity index is 943. The van der Waals surface area contributed by atoms with Crippen LogP contribution in [0.5, 0.6) is 0 Å². The summed E-state index contributed by atoms with van der Waals surface area (Å²) in [5, 5.41) is 3.43. The first-order valence-electron chi connectivity index (χ1n) is 8.31. The maximum absolute atomic E-state index is 12.6. The van der Waals surface area contributed by atoms with E-state index in [-0.39, 0.29) is 24.8 Å². The Kier molecular flexibility index (Phi) is 6.31. The highest BCUT2D eigenvalue weighted by atomic mass is 35.5. The third-order valence-electron chi connectivity index (χ3n) is 4.05. The molecule has 2 aromatic carbocycles. The minimum atomic E-state index is -0.200. The molecule has 0 bridgehead atoms. The Hall–Kier alpha value is -2.15. The molecule has 0 spiro atoms. The molecule has 7 heteroatoms. The zero-order valence-corrected chi connectivity index (χ0v) is 17.0. The maximum Gasteiger partial charge on any atom is 0.266 e. The number of carbonyl (C=O) groups is 2. The van der Waals surface area contributed by atoms with E-state index in [9.17, 15) is 9.59 Å². The lowest BCUT2D eigenvalue weighted by Gasteiger charge is -2.14. The van der Waals surface area contributed by atoms with Gasteiger partial charge in [-0.25, -0.2) is 0 Å². The SMILES string of the molecule is Cc1ccccc1NC(=O)CCN1C(=O)/C(=C/c2ccccc2Cl)SC1=S. The van der Waals surface area contributed by atoms with Gasteiger partial charge in [-0.05, 0) is 36.3 Å². The smallest absolute Gasteiger partial charge is 0.266 e. The second-order valence-electron chi connectivity index (χ2n) is 5.97. The number of halogens is 1. The van der Waals surface area contributed by atoms with Crippen LogP contribution in [-0.2, 0) is 9.59 Å². The van der Waals surface area contributed by atoms with Crippen LogP contribution in [0, 0.1) is 6.92 Å². The lowest BCUT2D eigenvalue weighted by Crippen LogP contribution is -2.31. The molecule has 1 N–H and O–H groups in total. The van der Waals surface area contributed by atoms with Crippen molar-refractivity contribution in [2.24, 2.45) is 0 Å². The van der Waals surface area contributed by atoms with E-state index in [0.29, 0.717) is 14.2 Å². The molecule has 138 valence electrons. The van der Waals surface area contributed by atoms with E-state index in [1.807, 2.05) is 49.4 Å². The molecule has 0 atom stereocenters. The van der Waals surface area contributed by atoms with Crippen LogP contribution in [0.25, 0.3) is 6.08 Å². The number of hydrogen-bond acceptors (Lipinski definition) is 4. The summed E-state index contributed by atoms with van der Waals surface area (Å²) >= 11 is 12.7. The van der Waals surface area contributed by atoms with Gasteiger partial charge in [-0.2, -0.15) is 0 Å². The first-order chi connectivity index (χ1) is 13.0. The summed E-state index contributed by atoms with van der Waals surface area (Å²) in [4.78, 5) is 26.8. The number of hydrogen-bond donors (Lipinski definition) is 1. The highest BCUT2D eigenvalue weighted by Gasteiger charge is 2.32. The Balaban J connectivity index is 1.63. The monoisotopic (exact) mass is 416 g/mol. The summed E-state index contributed by atoms with van der Waals surface area (Å²) in [6.07, 6.45) is 1.90. The third kappa shape index (κ3) is 4.77. The number of nitrogens with one attached hydrogen (secondary N) is 1. The average molecular weight is 417 g/mol. The Morgan fingerprint density at radius 3 is 2.67 bits per heavy atom. The summed E-state index contributed by atoms with van der Waals surface area (Å²) in [5.74, 6) is -0.359. The summed E-state index contributed by atoms with van der Waals surface area (Å²) < 4.78 is 0.446. The second kappa shape index (κ2) is 8.69. The van der Waals surface area contributed by atoms with Crippen LogP contribution in [-0.4, -0.2) is 27.6 Å². The first kappa shape index (κ1) is 19.6. The van der Waals surface area contributed by atoms with Gasteiger partial charge in [0.25, 0.3) is 5.91 Å². The van der Waals surface area contributed by atoms with Crippen molar-refractivity contribution in [1.82, 2.24) is 4.90 Å². The van der Waals surface area contributed by atoms with Crippen molar-refractivity contribution in [3.63, 3.8) is 0 Å². The zero-order chi connectivity index (χ0) is 19.4. The predicted octanol–water partition coefficient (Wildman–Crippen LogP) is 4.88. The van der Waals surface area contributed by atoms with E-state index in [1.165, 1.54) is 16.7 Å². The van der Waals surface area contributed by atoms with Gasteiger partial charge in [0.05, 0.1) is 4.91 Å². The zero-order valence-electron chi connectivity index (χ0n) is 14.6. The normalized spacial score (nSPS) is 15.5. The van der Waals surface area contributed by atoms with E-state index < -0.39 is 0 Å². The Labute approximate surface area is 172 Å². The van der Waals surface area contributed by atoms with Crippen molar-refractivity contribution < 1.29 is 9.59 Å². The molecule has 1 fully saturated rings. The van der Waals surface area contributed by atoms with Gasteiger partial charge in [-0.3, -0.25) is 14.5 Å². The Morgan fingerprint density at radius 2 is 1.93 bits per heavy atom. The van der Waals surface area contributed by atoms with Crippen molar-refractivity contribution in [3.8, 4) is 0 Å². The number of amides is 2. The molecule has 4 nitrogen and oxygen atoms in total. The molecule has 1 heterocycles. The summed E-state index contributed by atoms with van der Waals surface area (Å²) in [6.45, 7) is 2.17. The Morgan fingerprint density at radius 1 is 1.22 bits per heavy atom. The largest absolute Gasteiger partial charge is 0.326 e. The fraction of sp³-hybridized carbons (Fsp3) is 0.150. The number of rotatable bonds is 5. The van der Waals surface area contributed by atoms with E-state index in [1.54, 1.807) is 12.1 Å². The highest BCUT2D eigenvalue weighted by Crippen LogP contribution is 2.33. The predicted molar refractivity (Wildman–Crippen MR) is 116 cm³/mol. The van der Waals surface area contributed by atoms with Gasteiger partial charge in [0.15, 0.2) is 0 Å². The van der Waals surface area contributed by atoms with Gasteiger partial charge in [0, 0.05) is 23.7 Å². The van der Waals surface area contributed by atoms with Gasteiger partial charge < -0.3 is 5.32 Å². The van der Waals surface area contributed by atoms with Gasteiger partial charge in [0.1, 0.15) is 4.32 Å². The molecule has 0 aromatic heterocycles. The molecule has 2 aromatic rings. The van der Waals surface area contributed by atoms with Crippen molar-refractivity contribution in [2.75, 3.05) is 11.9 Å². The second-order valence-corrected chi connectivity index (χ2v) is 8.05. The lowest BCUT2D eigenvalue weighted by molar-refractivity contribution is -0.122. The molecule has 1 aliphatic rings.